The minimum atomic E-state index is -1.16. The molecule has 0 saturated carbocycles. The zero-order valence-electron chi connectivity index (χ0n) is 31.6. The summed E-state index contributed by atoms with van der Waals surface area (Å²) in [5, 5.41) is 29.2. The summed E-state index contributed by atoms with van der Waals surface area (Å²) < 4.78 is 23.2. The second-order valence-corrected chi connectivity index (χ2v) is 15.2. The number of aliphatic hydroxyl groups is 2. The number of allylic oxidation sites excluding steroid dienone is 3. The van der Waals surface area contributed by atoms with Gasteiger partial charge in [0.1, 0.15) is 12.1 Å². The van der Waals surface area contributed by atoms with Crippen molar-refractivity contribution in [2.24, 2.45) is 23.7 Å². The van der Waals surface area contributed by atoms with E-state index in [1.807, 2.05) is 0 Å². The zero-order chi connectivity index (χ0) is 39.1. The van der Waals surface area contributed by atoms with Crippen LogP contribution in [-0.2, 0) is 33.3 Å². The van der Waals surface area contributed by atoms with E-state index in [0.29, 0.717) is 70.4 Å². The summed E-state index contributed by atoms with van der Waals surface area (Å²) in [6, 6.07) is 3.90. The van der Waals surface area contributed by atoms with E-state index in [9.17, 15) is 34.2 Å². The largest absolute Gasteiger partial charge is 0.462 e. The average molecular weight is 767 g/mol. The molecule has 3 heterocycles. The lowest BCUT2D eigenvalue weighted by Gasteiger charge is -2.44. The van der Waals surface area contributed by atoms with Gasteiger partial charge in [-0.15, -0.1) is 0 Å². The number of nitrogens with zero attached hydrogens (tertiary/aromatic N) is 1. The van der Waals surface area contributed by atoms with E-state index < -0.39 is 42.2 Å². The summed E-state index contributed by atoms with van der Waals surface area (Å²) in [5.74, 6) is -1.62. The Labute approximate surface area is 321 Å². The van der Waals surface area contributed by atoms with E-state index in [1.54, 1.807) is 18.2 Å². The number of aliphatic hydroxyl groups excluding tert-OH is 2. The molecular formula is C40H54N4O11. The SMILES string of the molecule is C[C@H]1C=C2C=C[C@H](C)[C@H](CC[C@@H]3C[C@@H](O)CC(=O)O3)[C@H]2[C@@H](OC(O)NCCOCCCOCCNc2cccc3c2C(=O)N(C2CCC(=O)NC2=O)C3=O)C1. The molecule has 15 heteroatoms. The lowest BCUT2D eigenvalue weighted by molar-refractivity contribution is -0.177. The van der Waals surface area contributed by atoms with Crippen LogP contribution in [0.3, 0.4) is 0 Å². The quantitative estimate of drug-likeness (QED) is 0.0632. The number of fused-ring (bicyclic) bond motifs is 2. The smallest absolute Gasteiger partial charge is 0.308 e. The minimum Gasteiger partial charge on any atom is -0.462 e. The fourth-order valence-electron chi connectivity index (χ4n) is 8.51. The molecule has 1 aromatic carbocycles. The summed E-state index contributed by atoms with van der Waals surface area (Å²) >= 11 is 0. The Bertz CT molecular complexity index is 1650. The molecule has 300 valence electrons. The molecule has 9 atom stereocenters. The van der Waals surface area contributed by atoms with Crippen LogP contribution in [0.25, 0.3) is 0 Å². The number of amides is 4. The van der Waals surface area contributed by atoms with E-state index in [2.05, 4.69) is 48.0 Å². The van der Waals surface area contributed by atoms with Crippen LogP contribution in [0.4, 0.5) is 5.69 Å². The van der Waals surface area contributed by atoms with Crippen LogP contribution in [0.1, 0.15) is 85.9 Å². The molecule has 2 fully saturated rings. The predicted molar refractivity (Wildman–Crippen MR) is 198 cm³/mol. The van der Waals surface area contributed by atoms with Crippen LogP contribution in [0.15, 0.2) is 42.0 Å². The number of ether oxygens (including phenoxy) is 4. The van der Waals surface area contributed by atoms with Crippen molar-refractivity contribution in [3.05, 3.63) is 53.1 Å². The summed E-state index contributed by atoms with van der Waals surface area (Å²) in [5.41, 5.74) is 2.11. The van der Waals surface area contributed by atoms with Crippen molar-refractivity contribution in [3.63, 3.8) is 0 Å². The Hall–Kier alpha value is -3.99. The van der Waals surface area contributed by atoms with Gasteiger partial charge in [-0.2, -0.15) is 0 Å². The Balaban J connectivity index is 0.857. The van der Waals surface area contributed by atoms with Crippen molar-refractivity contribution in [2.45, 2.75) is 96.0 Å². The van der Waals surface area contributed by atoms with Crippen molar-refractivity contribution < 1.29 is 53.1 Å². The Morgan fingerprint density at radius 3 is 2.55 bits per heavy atom. The van der Waals surface area contributed by atoms with Gasteiger partial charge in [0.15, 0.2) is 0 Å². The van der Waals surface area contributed by atoms with E-state index in [4.69, 9.17) is 18.9 Å². The molecule has 4 amide bonds. The van der Waals surface area contributed by atoms with E-state index >= 15 is 0 Å². The third-order valence-corrected chi connectivity index (χ3v) is 11.1. The number of cyclic esters (lactones) is 1. The lowest BCUT2D eigenvalue weighted by Crippen LogP contribution is -2.54. The highest BCUT2D eigenvalue weighted by Gasteiger charge is 2.46. The molecule has 0 aromatic heterocycles. The normalized spacial score (nSPS) is 29.7. The molecule has 0 radical (unpaired) electrons. The zero-order valence-corrected chi connectivity index (χ0v) is 31.6. The third-order valence-electron chi connectivity index (χ3n) is 11.1. The summed E-state index contributed by atoms with van der Waals surface area (Å²) in [4.78, 5) is 63.0. The fourth-order valence-corrected chi connectivity index (χ4v) is 8.51. The molecule has 0 bridgehead atoms. The summed E-state index contributed by atoms with van der Waals surface area (Å²) in [6.45, 7) is 6.73. The highest BCUT2D eigenvalue weighted by Crippen LogP contribution is 2.45. The van der Waals surface area contributed by atoms with Gasteiger partial charge < -0.3 is 34.5 Å². The monoisotopic (exact) mass is 766 g/mol. The van der Waals surface area contributed by atoms with Gasteiger partial charge in [-0.05, 0) is 67.6 Å². The first-order chi connectivity index (χ1) is 26.5. The Kier molecular flexibility index (Phi) is 13.9. The van der Waals surface area contributed by atoms with Crippen molar-refractivity contribution in [3.8, 4) is 0 Å². The number of esters is 1. The number of hydrogen-bond acceptors (Lipinski definition) is 13. The van der Waals surface area contributed by atoms with E-state index in [1.165, 1.54) is 5.57 Å². The number of piperidine rings is 1. The Morgan fingerprint density at radius 1 is 1.00 bits per heavy atom. The van der Waals surface area contributed by atoms with Crippen LogP contribution in [0.2, 0.25) is 0 Å². The molecule has 6 rings (SSSR count). The molecule has 5 aliphatic rings. The van der Waals surface area contributed by atoms with Gasteiger partial charge in [-0.25, -0.2) is 0 Å². The first kappa shape index (κ1) is 40.7. The topological polar surface area (TPSA) is 202 Å². The fraction of sp³-hybridized carbons (Fsp3) is 0.625. The average Bonchev–Trinajstić information content (AvgIpc) is 3.39. The standard InChI is InChI=1S/C40H54N4O11/c1-23-19-25-8-7-24(2)28(10-9-27-21-26(45)22-34(47)54-27)35(25)32(20-23)55-40(51)42-14-18-53-16-4-15-52-17-13-41-30-6-3-5-29-36(30)39(50)44(38(29)49)31-11-12-33(46)43-37(31)48/h3,5-8,19,23-24,26-28,31-32,35,40-42,45,51H,4,9-18,20-22H2,1-2H3,(H,43,46,48)/t23-,24-,26+,27+,28-,31?,32-,35-,40?/m0/s1. The number of anilines is 1. The third kappa shape index (κ3) is 10.1. The predicted octanol–water partition coefficient (Wildman–Crippen LogP) is 2.42. The van der Waals surface area contributed by atoms with Gasteiger partial charge in [0.2, 0.25) is 18.2 Å². The molecule has 3 aliphatic heterocycles. The van der Waals surface area contributed by atoms with E-state index in [0.717, 1.165) is 17.7 Å². The first-order valence-electron chi connectivity index (χ1n) is 19.6. The number of benzene rings is 1. The maximum atomic E-state index is 13.2. The highest BCUT2D eigenvalue weighted by atomic mass is 16.6. The number of nitrogens with one attached hydrogen (secondary N) is 3. The van der Waals surface area contributed by atoms with Gasteiger partial charge in [0.05, 0.1) is 43.0 Å². The highest BCUT2D eigenvalue weighted by molar-refractivity contribution is 6.25. The van der Waals surface area contributed by atoms with Crippen molar-refractivity contribution in [1.29, 1.82) is 0 Å². The molecule has 5 N–H and O–H groups in total. The van der Waals surface area contributed by atoms with Crippen LogP contribution >= 0.6 is 0 Å². The van der Waals surface area contributed by atoms with Gasteiger partial charge in [0, 0.05) is 50.8 Å². The Morgan fingerprint density at radius 2 is 1.78 bits per heavy atom. The molecule has 2 unspecified atom stereocenters. The molecule has 1 aromatic rings. The number of imide groups is 2. The van der Waals surface area contributed by atoms with Crippen molar-refractivity contribution in [1.82, 2.24) is 15.5 Å². The van der Waals surface area contributed by atoms with E-state index in [-0.39, 0.29) is 66.3 Å². The summed E-state index contributed by atoms with van der Waals surface area (Å²) in [7, 11) is 0. The van der Waals surface area contributed by atoms with Crippen LogP contribution in [0.5, 0.6) is 0 Å². The molecule has 2 aliphatic carbocycles. The number of carbonyl (C=O) groups is 5. The molecule has 0 spiro atoms. The molecule has 2 saturated heterocycles. The van der Waals surface area contributed by atoms with Crippen molar-refractivity contribution >= 4 is 35.3 Å². The first-order valence-corrected chi connectivity index (χ1v) is 19.6. The van der Waals surface area contributed by atoms with Crippen molar-refractivity contribution in [2.75, 3.05) is 44.8 Å². The van der Waals surface area contributed by atoms with Gasteiger partial charge in [0.25, 0.3) is 11.8 Å². The number of hydrogen-bond donors (Lipinski definition) is 5. The number of carbonyl (C=O) groups excluding carboxylic acids is 5. The molecular weight excluding hydrogens is 712 g/mol. The van der Waals surface area contributed by atoms with Gasteiger partial charge in [-0.3, -0.25) is 39.5 Å². The molecule has 15 nitrogen and oxygen atoms in total. The maximum absolute atomic E-state index is 13.2. The van der Waals surface area contributed by atoms with Crippen LogP contribution in [-0.4, -0.2) is 115 Å². The van der Waals surface area contributed by atoms with Crippen LogP contribution < -0.4 is 16.0 Å². The number of rotatable bonds is 18. The van der Waals surface area contributed by atoms with Gasteiger partial charge >= 0.3 is 5.97 Å². The minimum absolute atomic E-state index is 0.0541. The van der Waals surface area contributed by atoms with Gasteiger partial charge in [-0.1, -0.05) is 38.1 Å². The van der Waals surface area contributed by atoms with Crippen LogP contribution in [0, 0.1) is 23.7 Å². The molecule has 55 heavy (non-hydrogen) atoms. The second kappa shape index (κ2) is 18.8. The lowest BCUT2D eigenvalue weighted by atomic mass is 9.65. The second-order valence-electron chi connectivity index (χ2n) is 15.2. The maximum Gasteiger partial charge on any atom is 0.308 e. The summed E-state index contributed by atoms with van der Waals surface area (Å²) in [6.07, 6.45) is 7.99.